The quantitative estimate of drug-likeness (QED) is 0.438. The third kappa shape index (κ3) is 7.93. The van der Waals surface area contributed by atoms with Crippen molar-refractivity contribution in [2.24, 2.45) is 5.92 Å². The highest BCUT2D eigenvalue weighted by atomic mass is 16.5. The maximum absolute atomic E-state index is 12.6. The van der Waals surface area contributed by atoms with Crippen LogP contribution >= 0.6 is 0 Å². The number of hydrogen-bond acceptors (Lipinski definition) is 5. The monoisotopic (exact) mass is 364 g/mol. The highest BCUT2D eigenvalue weighted by molar-refractivity contribution is 5.94. The number of rotatable bonds is 12. The lowest BCUT2D eigenvalue weighted by molar-refractivity contribution is -0.128. The highest BCUT2D eigenvalue weighted by Crippen LogP contribution is 2.10. The van der Waals surface area contributed by atoms with Gasteiger partial charge < -0.3 is 10.1 Å². The molecule has 0 unspecified atom stereocenters. The van der Waals surface area contributed by atoms with Crippen LogP contribution < -0.4 is 10.7 Å². The van der Waals surface area contributed by atoms with Crippen molar-refractivity contribution < 1.29 is 14.3 Å². The molecule has 7 nitrogen and oxygen atoms in total. The van der Waals surface area contributed by atoms with Gasteiger partial charge in [0, 0.05) is 38.2 Å². The van der Waals surface area contributed by atoms with E-state index in [0.29, 0.717) is 37.6 Å². The summed E-state index contributed by atoms with van der Waals surface area (Å²) in [6.45, 7) is 7.79. The summed E-state index contributed by atoms with van der Waals surface area (Å²) in [6.07, 6.45) is 5.53. The van der Waals surface area contributed by atoms with E-state index in [1.54, 1.807) is 36.6 Å². The molecule has 1 aromatic rings. The minimum atomic E-state index is -0.415. The van der Waals surface area contributed by atoms with Gasteiger partial charge in [0.2, 0.25) is 5.91 Å². The number of methoxy groups -OCH3 is 1. The second kappa shape index (κ2) is 12.4. The Morgan fingerprint density at radius 3 is 2.50 bits per heavy atom. The van der Waals surface area contributed by atoms with Crippen molar-refractivity contribution in [3.05, 3.63) is 30.1 Å². The molecule has 0 saturated heterocycles. The fourth-order valence-electron chi connectivity index (χ4n) is 2.48. The Labute approximate surface area is 156 Å². The summed E-state index contributed by atoms with van der Waals surface area (Å²) < 4.78 is 4.99. The van der Waals surface area contributed by atoms with Crippen molar-refractivity contribution >= 4 is 11.8 Å². The van der Waals surface area contributed by atoms with Crippen LogP contribution in [0.4, 0.5) is 0 Å². The molecule has 1 heterocycles. The lowest BCUT2D eigenvalue weighted by Gasteiger charge is -2.31. The molecule has 26 heavy (non-hydrogen) atoms. The van der Waals surface area contributed by atoms with Gasteiger partial charge in [-0.2, -0.15) is 0 Å². The lowest BCUT2D eigenvalue weighted by atomic mass is 10.1. The maximum atomic E-state index is 12.6. The van der Waals surface area contributed by atoms with Gasteiger partial charge >= 0.3 is 0 Å². The Morgan fingerprint density at radius 2 is 1.92 bits per heavy atom. The number of nitrogens with zero attached hydrogens (tertiary/aromatic N) is 2. The zero-order chi connectivity index (χ0) is 19.4. The number of nitrogens with one attached hydrogen (secondary N) is 2. The zero-order valence-electron chi connectivity index (χ0n) is 16.3. The summed E-state index contributed by atoms with van der Waals surface area (Å²) >= 11 is 0. The van der Waals surface area contributed by atoms with Gasteiger partial charge in [-0.05, 0) is 30.9 Å². The molecule has 0 aliphatic rings. The molecule has 7 heteroatoms. The summed E-state index contributed by atoms with van der Waals surface area (Å²) in [5.41, 5.74) is 3.44. The van der Waals surface area contributed by atoms with Crippen LogP contribution in [0.5, 0.6) is 0 Å². The summed E-state index contributed by atoms with van der Waals surface area (Å²) in [6, 6.07) is 2.90. The second-order valence-electron chi connectivity index (χ2n) is 6.64. The van der Waals surface area contributed by atoms with Crippen molar-refractivity contribution in [2.45, 2.75) is 46.1 Å². The van der Waals surface area contributed by atoms with E-state index < -0.39 is 6.04 Å². The molecule has 0 radical (unpaired) electrons. The van der Waals surface area contributed by atoms with E-state index in [2.05, 4.69) is 29.6 Å². The van der Waals surface area contributed by atoms with Crippen molar-refractivity contribution in [2.75, 3.05) is 26.8 Å². The zero-order valence-corrected chi connectivity index (χ0v) is 16.3. The van der Waals surface area contributed by atoms with E-state index in [9.17, 15) is 9.59 Å². The smallest absolute Gasteiger partial charge is 0.265 e. The van der Waals surface area contributed by atoms with Gasteiger partial charge in [0.25, 0.3) is 5.91 Å². The van der Waals surface area contributed by atoms with Crippen LogP contribution in [0.3, 0.4) is 0 Å². The number of carbonyl (C=O) groups excluding carboxylic acids is 2. The molecule has 2 amide bonds. The number of pyridine rings is 1. The molecule has 0 saturated carbocycles. The van der Waals surface area contributed by atoms with Crippen LogP contribution in [0.25, 0.3) is 0 Å². The molecule has 1 atom stereocenters. The standard InChI is InChI=1S/C19H32N4O3/c1-5-6-17(19(25)21-12-14-26-4)23(13-9-15(2)3)22-18(24)16-7-10-20-11-8-16/h7-8,10-11,15,17H,5-6,9,12-14H2,1-4H3,(H,21,25)(H,22,24)/t17-/m1/s1. The number of aromatic nitrogens is 1. The van der Waals surface area contributed by atoms with Crippen molar-refractivity contribution in [3.8, 4) is 0 Å². The average Bonchev–Trinajstić information content (AvgIpc) is 2.64. The molecular weight excluding hydrogens is 332 g/mol. The van der Waals surface area contributed by atoms with E-state index in [-0.39, 0.29) is 11.8 Å². The molecule has 1 rings (SSSR count). The first-order valence-electron chi connectivity index (χ1n) is 9.23. The summed E-state index contributed by atoms with van der Waals surface area (Å²) in [7, 11) is 1.60. The number of carbonyl (C=O) groups is 2. The SMILES string of the molecule is CCC[C@H](C(=O)NCCOC)N(CCC(C)C)NC(=O)c1ccncc1. The summed E-state index contributed by atoms with van der Waals surface area (Å²) in [4.78, 5) is 29.1. The molecule has 146 valence electrons. The first kappa shape index (κ1) is 22.1. The molecule has 1 aromatic heterocycles. The van der Waals surface area contributed by atoms with E-state index in [4.69, 9.17) is 4.74 Å². The van der Waals surface area contributed by atoms with Gasteiger partial charge in [-0.15, -0.1) is 0 Å². The maximum Gasteiger partial charge on any atom is 0.265 e. The van der Waals surface area contributed by atoms with Crippen molar-refractivity contribution in [1.82, 2.24) is 20.7 Å². The first-order chi connectivity index (χ1) is 12.5. The Morgan fingerprint density at radius 1 is 1.23 bits per heavy atom. The molecule has 0 bridgehead atoms. The Kier molecular flexibility index (Phi) is 10.5. The minimum Gasteiger partial charge on any atom is -0.383 e. The van der Waals surface area contributed by atoms with Crippen LogP contribution in [0.2, 0.25) is 0 Å². The number of ether oxygens (including phenoxy) is 1. The van der Waals surface area contributed by atoms with Gasteiger partial charge in [0.05, 0.1) is 6.61 Å². The third-order valence-electron chi connectivity index (χ3n) is 3.98. The number of amides is 2. The lowest BCUT2D eigenvalue weighted by Crippen LogP contribution is -2.55. The molecule has 0 aromatic carbocycles. The van der Waals surface area contributed by atoms with E-state index in [1.807, 2.05) is 6.92 Å². The molecular formula is C19H32N4O3. The Balaban J connectivity index is 2.87. The molecule has 0 aliphatic heterocycles. The number of hydrazine groups is 1. The summed E-state index contributed by atoms with van der Waals surface area (Å²) in [5.74, 6) is 0.138. The predicted octanol–water partition coefficient (Wildman–Crippen LogP) is 2.01. The fraction of sp³-hybridized carbons (Fsp3) is 0.632. The van der Waals surface area contributed by atoms with Gasteiger partial charge in [0.1, 0.15) is 6.04 Å². The Hall–Kier alpha value is -1.99. The van der Waals surface area contributed by atoms with Crippen LogP contribution in [0.1, 0.15) is 50.4 Å². The topological polar surface area (TPSA) is 83.6 Å². The highest BCUT2D eigenvalue weighted by Gasteiger charge is 2.26. The van der Waals surface area contributed by atoms with E-state index >= 15 is 0 Å². The van der Waals surface area contributed by atoms with Gasteiger partial charge in [-0.3, -0.25) is 20.0 Å². The van der Waals surface area contributed by atoms with Crippen LogP contribution in [-0.2, 0) is 9.53 Å². The van der Waals surface area contributed by atoms with Crippen LogP contribution in [0, 0.1) is 5.92 Å². The van der Waals surface area contributed by atoms with Gasteiger partial charge in [0.15, 0.2) is 0 Å². The fourth-order valence-corrected chi connectivity index (χ4v) is 2.48. The van der Waals surface area contributed by atoms with Gasteiger partial charge in [-0.1, -0.05) is 27.2 Å². The molecule has 2 N–H and O–H groups in total. The van der Waals surface area contributed by atoms with Gasteiger partial charge in [-0.25, -0.2) is 5.01 Å². The van der Waals surface area contributed by atoms with Crippen LogP contribution in [-0.4, -0.2) is 54.7 Å². The predicted molar refractivity (Wildman–Crippen MR) is 101 cm³/mol. The van der Waals surface area contributed by atoms with Crippen LogP contribution in [0.15, 0.2) is 24.5 Å². The summed E-state index contributed by atoms with van der Waals surface area (Å²) in [5, 5.41) is 4.65. The Bertz CT molecular complexity index is 537. The largest absolute Gasteiger partial charge is 0.383 e. The first-order valence-corrected chi connectivity index (χ1v) is 9.23. The average molecular weight is 364 g/mol. The normalized spacial score (nSPS) is 12.2. The molecule has 0 fully saturated rings. The van der Waals surface area contributed by atoms with E-state index in [0.717, 1.165) is 12.8 Å². The molecule has 0 spiro atoms. The van der Waals surface area contributed by atoms with E-state index in [1.165, 1.54) is 0 Å². The number of hydrogen-bond donors (Lipinski definition) is 2. The molecule has 0 aliphatic carbocycles. The second-order valence-corrected chi connectivity index (χ2v) is 6.64. The van der Waals surface area contributed by atoms with Crippen molar-refractivity contribution in [3.63, 3.8) is 0 Å². The minimum absolute atomic E-state index is 0.0947. The third-order valence-corrected chi connectivity index (χ3v) is 3.98. The van der Waals surface area contributed by atoms with Crippen molar-refractivity contribution in [1.29, 1.82) is 0 Å².